The average Bonchev–Trinajstić information content (AvgIpc) is 2.57. The van der Waals surface area contributed by atoms with E-state index < -0.39 is 0 Å². The van der Waals surface area contributed by atoms with Gasteiger partial charge in [0.05, 0.1) is 12.6 Å². The van der Waals surface area contributed by atoms with Crippen molar-refractivity contribution in [3.8, 4) is 0 Å². The van der Waals surface area contributed by atoms with Gasteiger partial charge in [-0.1, -0.05) is 0 Å². The fraction of sp³-hybridized carbons (Fsp3) is 0.286. The van der Waals surface area contributed by atoms with E-state index in [1.807, 2.05) is 0 Å². The number of aromatic nitrogens is 2. The van der Waals surface area contributed by atoms with Crippen LogP contribution >= 0.6 is 11.6 Å². The molecule has 13 heavy (non-hydrogen) atoms. The van der Waals surface area contributed by atoms with Crippen LogP contribution in [0, 0.1) is 0 Å². The van der Waals surface area contributed by atoms with E-state index in [0.717, 1.165) is 6.54 Å². The van der Waals surface area contributed by atoms with Crippen LogP contribution in [-0.2, 0) is 0 Å². The first kappa shape index (κ1) is 8.25. The molecular weight excluding hydrogens is 190 g/mol. The highest BCUT2D eigenvalue weighted by atomic mass is 35.5. The van der Waals surface area contributed by atoms with Crippen molar-refractivity contribution in [3.05, 3.63) is 17.5 Å². The van der Waals surface area contributed by atoms with Gasteiger partial charge in [-0.25, -0.2) is 9.97 Å². The number of hydrogen-bond donors (Lipinski definition) is 2. The molecule has 2 rings (SSSR count). The normalized spacial score (nSPS) is 19.9. The minimum atomic E-state index is 0.172. The molecule has 1 aromatic rings. The van der Waals surface area contributed by atoms with Crippen LogP contribution in [0.25, 0.3) is 0 Å². The van der Waals surface area contributed by atoms with Crippen molar-refractivity contribution >= 4 is 23.6 Å². The molecule has 0 amide bonds. The molecule has 0 fully saturated rings. The van der Waals surface area contributed by atoms with Gasteiger partial charge in [0, 0.05) is 12.4 Å². The summed E-state index contributed by atoms with van der Waals surface area (Å²) in [5.74, 6) is 0.708. The SMILES string of the molecule is Clc1nccc(NC2C=NNC2)n1. The second kappa shape index (κ2) is 3.57. The van der Waals surface area contributed by atoms with Gasteiger partial charge in [0.2, 0.25) is 5.28 Å². The number of hydrazone groups is 1. The standard InChI is InChI=1S/C7H8ClN5/c8-7-9-2-1-6(13-7)12-5-3-10-11-4-5/h1-3,5,11H,4H2,(H,9,12,13). The Morgan fingerprint density at radius 2 is 2.54 bits per heavy atom. The zero-order valence-corrected chi connectivity index (χ0v) is 7.49. The van der Waals surface area contributed by atoms with Crippen molar-refractivity contribution in [2.45, 2.75) is 6.04 Å². The van der Waals surface area contributed by atoms with Crippen LogP contribution in [0.4, 0.5) is 5.82 Å². The van der Waals surface area contributed by atoms with Gasteiger partial charge in [0.25, 0.3) is 0 Å². The predicted molar refractivity (Wildman–Crippen MR) is 50.9 cm³/mol. The van der Waals surface area contributed by atoms with Crippen LogP contribution < -0.4 is 10.7 Å². The summed E-state index contributed by atoms with van der Waals surface area (Å²) < 4.78 is 0. The van der Waals surface area contributed by atoms with E-state index in [-0.39, 0.29) is 11.3 Å². The monoisotopic (exact) mass is 197 g/mol. The maximum atomic E-state index is 5.62. The molecule has 1 atom stereocenters. The molecule has 0 aromatic carbocycles. The number of rotatable bonds is 2. The fourth-order valence-electron chi connectivity index (χ4n) is 1.04. The maximum Gasteiger partial charge on any atom is 0.224 e. The van der Waals surface area contributed by atoms with E-state index in [1.54, 1.807) is 18.5 Å². The molecule has 1 aliphatic rings. The minimum Gasteiger partial charge on any atom is -0.360 e. The third-order valence-corrected chi connectivity index (χ3v) is 1.80. The van der Waals surface area contributed by atoms with Gasteiger partial charge in [-0.15, -0.1) is 0 Å². The lowest BCUT2D eigenvalue weighted by Crippen LogP contribution is -2.25. The third kappa shape index (κ3) is 2.06. The summed E-state index contributed by atoms with van der Waals surface area (Å²) >= 11 is 5.62. The minimum absolute atomic E-state index is 0.172. The lowest BCUT2D eigenvalue weighted by molar-refractivity contribution is 0.774. The van der Waals surface area contributed by atoms with Gasteiger partial charge in [-0.05, 0) is 17.7 Å². The van der Waals surface area contributed by atoms with E-state index in [1.165, 1.54) is 0 Å². The number of nitrogens with one attached hydrogen (secondary N) is 2. The van der Waals surface area contributed by atoms with Crippen LogP contribution in [-0.4, -0.2) is 28.8 Å². The van der Waals surface area contributed by atoms with E-state index in [4.69, 9.17) is 11.6 Å². The maximum absolute atomic E-state index is 5.62. The number of hydrogen-bond acceptors (Lipinski definition) is 5. The van der Waals surface area contributed by atoms with Crippen molar-refractivity contribution in [2.24, 2.45) is 5.10 Å². The van der Waals surface area contributed by atoms with E-state index in [0.29, 0.717) is 5.82 Å². The fourth-order valence-corrected chi connectivity index (χ4v) is 1.19. The Kier molecular flexibility index (Phi) is 2.27. The highest BCUT2D eigenvalue weighted by molar-refractivity contribution is 6.28. The van der Waals surface area contributed by atoms with Crippen molar-refractivity contribution in [1.82, 2.24) is 15.4 Å². The first-order valence-electron chi connectivity index (χ1n) is 3.86. The Morgan fingerprint density at radius 3 is 3.23 bits per heavy atom. The Bertz CT molecular complexity index is 326. The number of halogens is 1. The highest BCUT2D eigenvalue weighted by Gasteiger charge is 2.09. The van der Waals surface area contributed by atoms with Crippen LogP contribution in [0.3, 0.4) is 0 Å². The molecule has 1 aromatic heterocycles. The second-order valence-electron chi connectivity index (χ2n) is 2.60. The summed E-state index contributed by atoms with van der Waals surface area (Å²) in [5, 5.41) is 7.25. The van der Waals surface area contributed by atoms with Gasteiger partial charge in [0.1, 0.15) is 5.82 Å². The van der Waals surface area contributed by atoms with E-state index in [9.17, 15) is 0 Å². The molecule has 0 radical (unpaired) electrons. The summed E-state index contributed by atoms with van der Waals surface area (Å²) in [7, 11) is 0. The summed E-state index contributed by atoms with van der Waals surface area (Å²) in [6.45, 7) is 0.765. The topological polar surface area (TPSA) is 62.2 Å². The molecule has 5 nitrogen and oxygen atoms in total. The molecule has 6 heteroatoms. The lowest BCUT2D eigenvalue weighted by atomic mass is 10.3. The van der Waals surface area contributed by atoms with Crippen LogP contribution in [0.5, 0.6) is 0 Å². The van der Waals surface area contributed by atoms with Crippen molar-refractivity contribution < 1.29 is 0 Å². The van der Waals surface area contributed by atoms with Crippen LogP contribution in [0.1, 0.15) is 0 Å². The molecular formula is C7H8ClN5. The zero-order chi connectivity index (χ0) is 9.10. The summed E-state index contributed by atoms with van der Waals surface area (Å²) in [5.41, 5.74) is 2.84. The average molecular weight is 198 g/mol. The van der Waals surface area contributed by atoms with Gasteiger partial charge >= 0.3 is 0 Å². The Labute approximate surface area is 80.2 Å². The number of nitrogens with zero attached hydrogens (tertiary/aromatic N) is 3. The molecule has 0 saturated carbocycles. The molecule has 0 spiro atoms. The summed E-state index contributed by atoms with van der Waals surface area (Å²) in [6, 6.07) is 1.93. The molecule has 2 N–H and O–H groups in total. The molecule has 68 valence electrons. The number of anilines is 1. The summed E-state index contributed by atoms with van der Waals surface area (Å²) in [4.78, 5) is 7.77. The Morgan fingerprint density at radius 1 is 1.62 bits per heavy atom. The van der Waals surface area contributed by atoms with Crippen molar-refractivity contribution in [2.75, 3.05) is 11.9 Å². The van der Waals surface area contributed by atoms with Crippen molar-refractivity contribution in [3.63, 3.8) is 0 Å². The largest absolute Gasteiger partial charge is 0.360 e. The molecule has 0 bridgehead atoms. The van der Waals surface area contributed by atoms with Gasteiger partial charge < -0.3 is 10.7 Å². The van der Waals surface area contributed by atoms with Crippen LogP contribution in [0.2, 0.25) is 5.28 Å². The molecule has 0 saturated heterocycles. The first-order chi connectivity index (χ1) is 6.34. The zero-order valence-electron chi connectivity index (χ0n) is 6.74. The quantitative estimate of drug-likeness (QED) is 0.678. The predicted octanol–water partition coefficient (Wildman–Crippen LogP) is 0.499. The van der Waals surface area contributed by atoms with Gasteiger partial charge in [-0.2, -0.15) is 5.10 Å². The van der Waals surface area contributed by atoms with E-state index in [2.05, 4.69) is 25.8 Å². The van der Waals surface area contributed by atoms with Crippen molar-refractivity contribution in [1.29, 1.82) is 0 Å². The van der Waals surface area contributed by atoms with Crippen LogP contribution in [0.15, 0.2) is 17.4 Å². The third-order valence-electron chi connectivity index (χ3n) is 1.62. The molecule has 1 aliphatic heterocycles. The molecule has 2 heterocycles. The van der Waals surface area contributed by atoms with Gasteiger partial charge in [0.15, 0.2) is 0 Å². The molecule has 0 aliphatic carbocycles. The second-order valence-corrected chi connectivity index (χ2v) is 2.94. The molecule has 1 unspecified atom stereocenters. The Hall–Kier alpha value is -1.36. The highest BCUT2D eigenvalue weighted by Crippen LogP contribution is 2.07. The van der Waals surface area contributed by atoms with Gasteiger partial charge in [-0.3, -0.25) is 0 Å². The Balaban J connectivity index is 2.04. The summed E-state index contributed by atoms with van der Waals surface area (Å²) in [6.07, 6.45) is 3.40. The first-order valence-corrected chi connectivity index (χ1v) is 4.23. The lowest BCUT2D eigenvalue weighted by Gasteiger charge is -2.08. The smallest absolute Gasteiger partial charge is 0.224 e. The van der Waals surface area contributed by atoms with E-state index >= 15 is 0 Å².